The van der Waals surface area contributed by atoms with Crippen molar-refractivity contribution < 1.29 is 9.53 Å². The summed E-state index contributed by atoms with van der Waals surface area (Å²) in [5, 5.41) is 8.98. The molecule has 0 radical (unpaired) electrons. The minimum absolute atomic E-state index is 0.205. The average Bonchev–Trinajstić information content (AvgIpc) is 2.63. The van der Waals surface area contributed by atoms with E-state index >= 15 is 0 Å². The van der Waals surface area contributed by atoms with Gasteiger partial charge >= 0.3 is 0 Å². The number of anilines is 1. The van der Waals surface area contributed by atoms with Crippen molar-refractivity contribution in [2.24, 2.45) is 4.99 Å². The zero-order chi connectivity index (χ0) is 18.1. The normalized spacial score (nSPS) is 12.8. The lowest BCUT2D eigenvalue weighted by molar-refractivity contribution is 0.0963. The van der Waals surface area contributed by atoms with Crippen LogP contribution in [0.5, 0.6) is 5.75 Å². The molecular formula is C17H21ClN4O2. The number of carbonyl (C=O) groups excluding carboxylic acids is 1. The molecule has 0 spiro atoms. The van der Waals surface area contributed by atoms with Crippen LogP contribution in [0.4, 0.5) is 5.69 Å². The summed E-state index contributed by atoms with van der Waals surface area (Å²) < 4.78 is 5.31. The zero-order valence-corrected chi connectivity index (χ0v) is 14.9. The number of amides is 1. The predicted octanol–water partition coefficient (Wildman–Crippen LogP) is 2.19. The number of hydrogen-bond donors (Lipinski definition) is 3. The molecule has 0 saturated heterocycles. The van der Waals surface area contributed by atoms with Gasteiger partial charge in [0.2, 0.25) is 0 Å². The van der Waals surface area contributed by atoms with Gasteiger partial charge in [0.15, 0.2) is 6.17 Å². The Kier molecular flexibility index (Phi) is 7.66. The van der Waals surface area contributed by atoms with Crippen molar-refractivity contribution >= 4 is 29.0 Å². The van der Waals surface area contributed by atoms with Crippen molar-refractivity contribution in [2.45, 2.75) is 13.1 Å². The lowest BCUT2D eigenvalue weighted by Crippen LogP contribution is -2.25. The molecule has 3 N–H and O–H groups in total. The first-order valence-electron chi connectivity index (χ1n) is 7.21. The lowest BCUT2D eigenvalue weighted by atomic mass is 10.1. The number of allylic oxidation sites excluding steroid dienone is 1. The van der Waals surface area contributed by atoms with Crippen molar-refractivity contribution in [3.63, 3.8) is 0 Å². The van der Waals surface area contributed by atoms with E-state index in [1.54, 1.807) is 45.3 Å². The number of amidine groups is 1. The molecule has 1 rings (SSSR count). The number of halogens is 1. The second-order valence-electron chi connectivity index (χ2n) is 4.57. The Bertz CT molecular complexity index is 692. The number of nitrogens with one attached hydrogen (secondary N) is 3. The van der Waals surface area contributed by atoms with Gasteiger partial charge in [0, 0.05) is 19.7 Å². The zero-order valence-electron chi connectivity index (χ0n) is 14.1. The van der Waals surface area contributed by atoms with Gasteiger partial charge in [-0.2, -0.15) is 0 Å². The van der Waals surface area contributed by atoms with Crippen LogP contribution < -0.4 is 20.7 Å². The Morgan fingerprint density at radius 2 is 2.12 bits per heavy atom. The van der Waals surface area contributed by atoms with E-state index in [9.17, 15) is 4.79 Å². The van der Waals surface area contributed by atoms with Crippen LogP contribution in [0.1, 0.15) is 17.3 Å². The third kappa shape index (κ3) is 4.93. The smallest absolute Gasteiger partial charge is 0.251 e. The van der Waals surface area contributed by atoms with Gasteiger partial charge in [0.05, 0.1) is 17.8 Å². The molecule has 0 aliphatic heterocycles. The molecule has 1 amide bonds. The number of likely N-dealkylation sites (N-methyl/N-ethyl adjacent to an activating group) is 1. The van der Waals surface area contributed by atoms with E-state index in [4.69, 9.17) is 22.8 Å². The Labute approximate surface area is 147 Å². The highest BCUT2D eigenvalue weighted by atomic mass is 35.5. The predicted molar refractivity (Wildman–Crippen MR) is 98.7 cm³/mol. The molecule has 0 aromatic heterocycles. The largest absolute Gasteiger partial charge is 0.495 e. The van der Waals surface area contributed by atoms with Gasteiger partial charge in [-0.1, -0.05) is 23.6 Å². The summed E-state index contributed by atoms with van der Waals surface area (Å²) in [6.07, 6.45) is 6.59. The number of ether oxygens (including phenoxy) is 1. The van der Waals surface area contributed by atoms with E-state index in [1.165, 1.54) is 7.11 Å². The quantitative estimate of drug-likeness (QED) is 0.418. The van der Waals surface area contributed by atoms with E-state index in [0.29, 0.717) is 27.9 Å². The molecular weight excluding hydrogens is 328 g/mol. The summed E-state index contributed by atoms with van der Waals surface area (Å²) >= 11 is 6.07. The van der Waals surface area contributed by atoms with Gasteiger partial charge in [-0.25, -0.2) is 4.99 Å². The molecule has 1 atom stereocenters. The van der Waals surface area contributed by atoms with Crippen LogP contribution in [-0.2, 0) is 0 Å². The number of terminal acetylenes is 1. The fraction of sp³-hybridized carbons (Fsp3) is 0.294. The standard InChI is InChI=1S/C17H21ClN4O2/c1-6-12(18)16(19-3)22-15(7-2)21-13-9-8-11(17(23)20-4)10-14(13)24-5/h2,6,8-10,15,21H,1,3-5H3,(H,19,22)(H,20,23)/b12-6+. The minimum atomic E-state index is -0.666. The molecule has 0 aliphatic carbocycles. The third-order valence-electron chi connectivity index (χ3n) is 3.12. The van der Waals surface area contributed by atoms with Gasteiger partial charge in [-0.3, -0.25) is 4.79 Å². The maximum atomic E-state index is 11.7. The Morgan fingerprint density at radius 1 is 1.42 bits per heavy atom. The molecule has 1 unspecified atom stereocenters. The summed E-state index contributed by atoms with van der Waals surface area (Å²) in [6, 6.07) is 4.99. The van der Waals surface area contributed by atoms with Gasteiger partial charge in [-0.05, 0) is 25.1 Å². The Morgan fingerprint density at radius 3 is 2.62 bits per heavy atom. The van der Waals surface area contributed by atoms with Crippen LogP contribution in [0.25, 0.3) is 0 Å². The maximum absolute atomic E-state index is 11.7. The van der Waals surface area contributed by atoms with Crippen molar-refractivity contribution in [3.05, 3.63) is 34.9 Å². The van der Waals surface area contributed by atoms with E-state index in [2.05, 4.69) is 26.9 Å². The van der Waals surface area contributed by atoms with Gasteiger partial charge in [0.25, 0.3) is 5.91 Å². The first-order valence-corrected chi connectivity index (χ1v) is 7.59. The number of carbonyl (C=O) groups is 1. The second kappa shape index (κ2) is 9.48. The molecule has 24 heavy (non-hydrogen) atoms. The highest BCUT2D eigenvalue weighted by Gasteiger charge is 2.13. The SMILES string of the molecule is C#CC(/N=C(NC)\C(Cl)=C/C)Nc1ccc(C(=O)NC)cc1OC. The minimum Gasteiger partial charge on any atom is -0.495 e. The van der Waals surface area contributed by atoms with Crippen LogP contribution in [0.2, 0.25) is 0 Å². The number of rotatable bonds is 6. The second-order valence-corrected chi connectivity index (χ2v) is 4.98. The lowest BCUT2D eigenvalue weighted by Gasteiger charge is -2.16. The molecule has 0 bridgehead atoms. The van der Waals surface area contributed by atoms with E-state index in [1.807, 2.05) is 0 Å². The molecule has 0 aliphatic rings. The topological polar surface area (TPSA) is 74.8 Å². The molecule has 7 heteroatoms. The van der Waals surface area contributed by atoms with Crippen LogP contribution in [0.15, 0.2) is 34.3 Å². The van der Waals surface area contributed by atoms with Crippen molar-refractivity contribution in [1.82, 2.24) is 10.6 Å². The van der Waals surface area contributed by atoms with E-state index in [-0.39, 0.29) is 5.91 Å². The molecule has 0 saturated carbocycles. The summed E-state index contributed by atoms with van der Waals surface area (Å²) in [5.74, 6) is 3.28. The van der Waals surface area contributed by atoms with Crippen LogP contribution in [0, 0.1) is 12.3 Å². The van der Waals surface area contributed by atoms with Crippen molar-refractivity contribution in [2.75, 3.05) is 26.5 Å². The Balaban J connectivity index is 3.11. The first kappa shape index (κ1) is 19.4. The molecule has 0 heterocycles. The Hall–Kier alpha value is -2.65. The molecule has 1 aromatic carbocycles. The number of hydrogen-bond acceptors (Lipinski definition) is 4. The molecule has 1 aromatic rings. The summed E-state index contributed by atoms with van der Waals surface area (Å²) in [4.78, 5) is 16.0. The van der Waals surface area contributed by atoms with Crippen LogP contribution in [0.3, 0.4) is 0 Å². The molecule has 0 fully saturated rings. The fourth-order valence-corrected chi connectivity index (χ4v) is 2.01. The number of benzene rings is 1. The highest BCUT2D eigenvalue weighted by Crippen LogP contribution is 2.26. The number of aliphatic imine (C=N–C) groups is 1. The van der Waals surface area contributed by atoms with Crippen molar-refractivity contribution in [1.29, 1.82) is 0 Å². The van der Waals surface area contributed by atoms with E-state index in [0.717, 1.165) is 0 Å². The van der Waals surface area contributed by atoms with Gasteiger partial charge in [0.1, 0.15) is 11.6 Å². The highest BCUT2D eigenvalue weighted by molar-refractivity contribution is 6.43. The third-order valence-corrected chi connectivity index (χ3v) is 3.51. The molecule has 6 nitrogen and oxygen atoms in total. The monoisotopic (exact) mass is 348 g/mol. The number of nitrogens with zero attached hydrogens (tertiary/aromatic N) is 1. The summed E-state index contributed by atoms with van der Waals surface area (Å²) in [7, 11) is 4.78. The van der Waals surface area contributed by atoms with Gasteiger partial charge < -0.3 is 20.7 Å². The molecule has 128 valence electrons. The van der Waals surface area contributed by atoms with Crippen LogP contribution >= 0.6 is 11.6 Å². The fourth-order valence-electron chi connectivity index (χ4n) is 1.87. The first-order chi connectivity index (χ1) is 11.5. The average molecular weight is 349 g/mol. The summed E-state index contributed by atoms with van der Waals surface area (Å²) in [6.45, 7) is 1.80. The van der Waals surface area contributed by atoms with E-state index < -0.39 is 6.17 Å². The van der Waals surface area contributed by atoms with Crippen LogP contribution in [-0.4, -0.2) is 39.1 Å². The van der Waals surface area contributed by atoms with Crippen molar-refractivity contribution in [3.8, 4) is 18.1 Å². The number of methoxy groups -OCH3 is 1. The summed E-state index contributed by atoms with van der Waals surface area (Å²) in [5.41, 5.74) is 1.09. The maximum Gasteiger partial charge on any atom is 0.251 e. The van der Waals surface area contributed by atoms with Gasteiger partial charge in [-0.15, -0.1) is 6.42 Å².